The minimum Gasteiger partial charge on any atom is -0.497 e. The van der Waals surface area contributed by atoms with Gasteiger partial charge in [0.2, 0.25) is 5.91 Å². The predicted octanol–water partition coefficient (Wildman–Crippen LogP) is 4.48. The number of hydrogen-bond acceptors (Lipinski definition) is 6. The maximum absolute atomic E-state index is 13.2. The van der Waals surface area contributed by atoms with Gasteiger partial charge in [0, 0.05) is 0 Å². The Balaban J connectivity index is 1.73. The third kappa shape index (κ3) is 4.10. The van der Waals surface area contributed by atoms with Crippen LogP contribution in [-0.4, -0.2) is 34.3 Å². The topological polar surface area (TPSA) is 68.2 Å². The van der Waals surface area contributed by atoms with E-state index in [1.165, 1.54) is 11.8 Å². The highest BCUT2D eigenvalue weighted by Gasteiger charge is 2.47. The number of amidine groups is 1. The smallest absolute Gasteiger partial charge is 0.338 e. The fourth-order valence-corrected chi connectivity index (χ4v) is 4.91. The molecule has 1 saturated heterocycles. The van der Waals surface area contributed by atoms with Gasteiger partial charge < -0.3 is 9.47 Å². The molecule has 2 atom stereocenters. The van der Waals surface area contributed by atoms with E-state index in [0.717, 1.165) is 11.1 Å². The molecule has 0 radical (unpaired) electrons. The van der Waals surface area contributed by atoms with Crippen molar-refractivity contribution in [2.75, 3.05) is 7.11 Å². The summed E-state index contributed by atoms with van der Waals surface area (Å²) in [5.74, 6) is 0.136. The Morgan fingerprint density at radius 1 is 1.16 bits per heavy atom. The number of carbonyl (C=O) groups is 2. The lowest BCUT2D eigenvalue weighted by molar-refractivity contribution is -0.141. The zero-order chi connectivity index (χ0) is 22.0. The standard InChI is InChI=1S/C24H24N2O4S/c1-4-19-22(27)26-21(17-11-8-12-18(13-17)29-3)20(15(2)25-24(26)31-19)23(28)30-14-16-9-6-5-7-10-16/h5-13,19,21H,4,14H2,1-3H3. The lowest BCUT2D eigenvalue weighted by Crippen LogP contribution is -2.40. The van der Waals surface area contributed by atoms with Crippen molar-refractivity contribution in [1.29, 1.82) is 0 Å². The Morgan fingerprint density at radius 2 is 1.94 bits per heavy atom. The minimum absolute atomic E-state index is 0.0417. The Hall–Kier alpha value is -3.06. The highest BCUT2D eigenvalue weighted by Crippen LogP contribution is 2.44. The minimum atomic E-state index is -0.609. The van der Waals surface area contributed by atoms with Crippen molar-refractivity contribution in [2.45, 2.75) is 38.2 Å². The number of fused-ring (bicyclic) bond motifs is 1. The number of hydrogen-bond donors (Lipinski definition) is 0. The van der Waals surface area contributed by atoms with E-state index in [4.69, 9.17) is 9.47 Å². The number of esters is 1. The van der Waals surface area contributed by atoms with Gasteiger partial charge in [-0.1, -0.05) is 61.2 Å². The van der Waals surface area contributed by atoms with Gasteiger partial charge in [0.15, 0.2) is 5.17 Å². The number of carbonyl (C=O) groups excluding carboxylic acids is 2. The molecule has 0 bridgehead atoms. The van der Waals surface area contributed by atoms with Crippen LogP contribution in [0.3, 0.4) is 0 Å². The Kier molecular flexibility index (Phi) is 6.13. The number of allylic oxidation sites excluding steroid dienone is 1. The molecule has 2 aliphatic heterocycles. The van der Waals surface area contributed by atoms with E-state index >= 15 is 0 Å². The molecule has 2 aliphatic rings. The van der Waals surface area contributed by atoms with Crippen LogP contribution in [0.2, 0.25) is 0 Å². The van der Waals surface area contributed by atoms with Crippen LogP contribution in [0.15, 0.2) is 70.9 Å². The molecule has 0 aliphatic carbocycles. The molecule has 160 valence electrons. The summed E-state index contributed by atoms with van der Waals surface area (Å²) < 4.78 is 11.0. The molecular formula is C24H24N2O4S. The van der Waals surface area contributed by atoms with Crippen LogP contribution >= 0.6 is 11.8 Å². The van der Waals surface area contributed by atoms with Crippen LogP contribution in [-0.2, 0) is 20.9 Å². The summed E-state index contributed by atoms with van der Waals surface area (Å²) >= 11 is 1.45. The number of aliphatic imine (C=N–C) groups is 1. The first-order valence-electron chi connectivity index (χ1n) is 10.2. The zero-order valence-electron chi connectivity index (χ0n) is 17.7. The van der Waals surface area contributed by atoms with Gasteiger partial charge in [-0.3, -0.25) is 9.69 Å². The molecule has 7 heteroatoms. The number of ether oxygens (including phenoxy) is 2. The third-order valence-electron chi connectivity index (χ3n) is 5.36. The molecule has 0 spiro atoms. The van der Waals surface area contributed by atoms with Crippen molar-refractivity contribution in [3.63, 3.8) is 0 Å². The highest BCUT2D eigenvalue weighted by atomic mass is 32.2. The average Bonchev–Trinajstić information content (AvgIpc) is 3.12. The van der Waals surface area contributed by atoms with E-state index in [0.29, 0.717) is 28.6 Å². The summed E-state index contributed by atoms with van der Waals surface area (Å²) in [6.07, 6.45) is 0.691. The van der Waals surface area contributed by atoms with Crippen LogP contribution in [0.25, 0.3) is 0 Å². The second-order valence-corrected chi connectivity index (χ2v) is 8.53. The normalized spacial score (nSPS) is 20.4. The Morgan fingerprint density at radius 3 is 2.65 bits per heavy atom. The van der Waals surface area contributed by atoms with Gasteiger partial charge in [-0.25, -0.2) is 9.79 Å². The molecule has 2 heterocycles. The van der Waals surface area contributed by atoms with Crippen LogP contribution < -0.4 is 4.74 Å². The number of benzene rings is 2. The van der Waals surface area contributed by atoms with Crippen molar-refractivity contribution in [1.82, 2.24) is 4.90 Å². The largest absolute Gasteiger partial charge is 0.497 e. The molecule has 6 nitrogen and oxygen atoms in total. The highest BCUT2D eigenvalue weighted by molar-refractivity contribution is 8.15. The SMILES string of the molecule is CCC1SC2=NC(C)=C(C(=O)OCc3ccccc3)C(c3cccc(OC)c3)N2C1=O. The Bertz CT molecular complexity index is 1060. The molecule has 31 heavy (non-hydrogen) atoms. The number of methoxy groups -OCH3 is 1. The van der Waals surface area contributed by atoms with Gasteiger partial charge in [-0.15, -0.1) is 0 Å². The number of rotatable bonds is 6. The molecule has 2 unspecified atom stereocenters. The first-order chi connectivity index (χ1) is 15.0. The predicted molar refractivity (Wildman–Crippen MR) is 121 cm³/mol. The van der Waals surface area contributed by atoms with Gasteiger partial charge >= 0.3 is 5.97 Å². The monoisotopic (exact) mass is 436 g/mol. The zero-order valence-corrected chi connectivity index (χ0v) is 18.5. The van der Waals surface area contributed by atoms with Crippen molar-refractivity contribution in [3.05, 3.63) is 77.0 Å². The lowest BCUT2D eigenvalue weighted by Gasteiger charge is -2.33. The molecule has 2 aromatic rings. The number of nitrogens with zero attached hydrogens (tertiary/aromatic N) is 2. The van der Waals surface area contributed by atoms with Gasteiger partial charge in [0.25, 0.3) is 0 Å². The van der Waals surface area contributed by atoms with E-state index in [-0.39, 0.29) is 17.8 Å². The second-order valence-electron chi connectivity index (χ2n) is 7.36. The molecule has 1 fully saturated rings. The van der Waals surface area contributed by atoms with Crippen molar-refractivity contribution < 1.29 is 19.1 Å². The fourth-order valence-electron chi connectivity index (χ4n) is 3.78. The van der Waals surface area contributed by atoms with Gasteiger partial charge in [0.1, 0.15) is 12.4 Å². The maximum atomic E-state index is 13.2. The van der Waals surface area contributed by atoms with Crippen LogP contribution in [0.5, 0.6) is 5.75 Å². The summed E-state index contributed by atoms with van der Waals surface area (Å²) in [4.78, 5) is 32.7. The number of thioether (sulfide) groups is 1. The van der Waals surface area contributed by atoms with E-state index in [2.05, 4.69) is 4.99 Å². The summed E-state index contributed by atoms with van der Waals surface area (Å²) in [7, 11) is 1.59. The molecular weight excluding hydrogens is 412 g/mol. The molecule has 2 aromatic carbocycles. The molecule has 1 amide bonds. The van der Waals surface area contributed by atoms with E-state index < -0.39 is 12.0 Å². The van der Waals surface area contributed by atoms with Gasteiger partial charge in [-0.05, 0) is 36.6 Å². The second kappa shape index (κ2) is 8.98. The summed E-state index contributed by atoms with van der Waals surface area (Å²) in [5.41, 5.74) is 2.61. The quantitative estimate of drug-likeness (QED) is 0.625. The molecule has 0 aromatic heterocycles. The number of amides is 1. The molecule has 0 N–H and O–H groups in total. The first kappa shape index (κ1) is 21.2. The third-order valence-corrected chi connectivity index (χ3v) is 6.68. The maximum Gasteiger partial charge on any atom is 0.338 e. The van der Waals surface area contributed by atoms with Gasteiger partial charge in [0.05, 0.1) is 29.7 Å². The van der Waals surface area contributed by atoms with Crippen LogP contribution in [0.4, 0.5) is 0 Å². The summed E-state index contributed by atoms with van der Waals surface area (Å²) in [6, 6.07) is 16.3. The van der Waals surface area contributed by atoms with E-state index in [1.54, 1.807) is 18.9 Å². The Labute approximate surface area is 185 Å². The molecule has 0 saturated carbocycles. The molecule has 4 rings (SSSR count). The van der Waals surface area contributed by atoms with Crippen molar-refractivity contribution in [2.24, 2.45) is 4.99 Å². The summed E-state index contributed by atoms with van der Waals surface area (Å²) in [6.45, 7) is 3.92. The fraction of sp³-hybridized carbons (Fsp3) is 0.292. The average molecular weight is 437 g/mol. The summed E-state index contributed by atoms with van der Waals surface area (Å²) in [5, 5.41) is 0.418. The van der Waals surface area contributed by atoms with Crippen LogP contribution in [0.1, 0.15) is 37.4 Å². The van der Waals surface area contributed by atoms with Gasteiger partial charge in [-0.2, -0.15) is 0 Å². The van der Waals surface area contributed by atoms with E-state index in [1.807, 2.05) is 61.5 Å². The van der Waals surface area contributed by atoms with Crippen molar-refractivity contribution in [3.8, 4) is 5.75 Å². The van der Waals surface area contributed by atoms with E-state index in [9.17, 15) is 9.59 Å². The first-order valence-corrected chi connectivity index (χ1v) is 11.1. The van der Waals surface area contributed by atoms with Crippen molar-refractivity contribution >= 4 is 28.8 Å². The lowest BCUT2D eigenvalue weighted by atomic mass is 9.94. The van der Waals surface area contributed by atoms with Crippen LogP contribution in [0, 0.1) is 0 Å².